The Kier molecular flexibility index (Phi) is 5.79. The van der Waals surface area contributed by atoms with Crippen molar-refractivity contribution in [2.75, 3.05) is 27.1 Å². The molecule has 8 heteroatoms. The molecular formula is C18H17NO7. The molecule has 136 valence electrons. The molecule has 0 saturated heterocycles. The Bertz CT molecular complexity index is 861. The third kappa shape index (κ3) is 3.92. The monoisotopic (exact) mass is 359 g/mol. The van der Waals surface area contributed by atoms with Crippen LogP contribution in [0.2, 0.25) is 0 Å². The number of rotatable bonds is 5. The second kappa shape index (κ2) is 8.02. The third-order valence-corrected chi connectivity index (χ3v) is 3.46. The standard InChI is InChI=1S/C18H17NO7/c1-23-16(20)10-4-7-15(14(19)8-10)26-11-5-6-12(17(21)24-2)13(9-11)18(22)25-3/h4-9H,19H2,1-3H3. The van der Waals surface area contributed by atoms with Crippen molar-refractivity contribution in [1.82, 2.24) is 0 Å². The SMILES string of the molecule is COC(=O)c1ccc(Oc2ccc(C(=O)OC)c(C(=O)OC)c2)c(N)c1. The van der Waals surface area contributed by atoms with E-state index in [1.54, 1.807) is 0 Å². The van der Waals surface area contributed by atoms with Gasteiger partial charge >= 0.3 is 17.9 Å². The van der Waals surface area contributed by atoms with E-state index in [0.29, 0.717) is 0 Å². The molecule has 0 unspecified atom stereocenters. The Labute approximate surface area is 149 Å². The third-order valence-electron chi connectivity index (χ3n) is 3.46. The maximum absolute atomic E-state index is 11.9. The predicted octanol–water partition coefficient (Wildman–Crippen LogP) is 2.42. The number of nitrogen functional groups attached to an aromatic ring is 1. The number of anilines is 1. The molecule has 0 aliphatic rings. The molecular weight excluding hydrogens is 342 g/mol. The van der Waals surface area contributed by atoms with Gasteiger partial charge in [0.05, 0.1) is 43.7 Å². The van der Waals surface area contributed by atoms with Crippen molar-refractivity contribution in [2.45, 2.75) is 0 Å². The Morgan fingerprint density at radius 3 is 1.96 bits per heavy atom. The maximum Gasteiger partial charge on any atom is 0.338 e. The lowest BCUT2D eigenvalue weighted by Gasteiger charge is -2.12. The normalized spacial score (nSPS) is 9.96. The number of ether oxygens (including phenoxy) is 4. The smallest absolute Gasteiger partial charge is 0.338 e. The van der Waals surface area contributed by atoms with Crippen LogP contribution < -0.4 is 10.5 Å². The summed E-state index contributed by atoms with van der Waals surface area (Å²) < 4.78 is 19.6. The van der Waals surface area contributed by atoms with Crippen LogP contribution in [0.15, 0.2) is 36.4 Å². The van der Waals surface area contributed by atoms with Gasteiger partial charge in [0.15, 0.2) is 0 Å². The van der Waals surface area contributed by atoms with Gasteiger partial charge < -0.3 is 24.7 Å². The van der Waals surface area contributed by atoms with Crippen molar-refractivity contribution in [2.24, 2.45) is 0 Å². The van der Waals surface area contributed by atoms with Gasteiger partial charge in [-0.25, -0.2) is 14.4 Å². The summed E-state index contributed by atoms with van der Waals surface area (Å²) in [4.78, 5) is 35.2. The summed E-state index contributed by atoms with van der Waals surface area (Å²) in [5, 5.41) is 0. The van der Waals surface area contributed by atoms with Crippen LogP contribution in [0.25, 0.3) is 0 Å². The van der Waals surface area contributed by atoms with Gasteiger partial charge in [0.2, 0.25) is 0 Å². The summed E-state index contributed by atoms with van der Waals surface area (Å²) in [5.74, 6) is -1.42. The van der Waals surface area contributed by atoms with E-state index in [1.165, 1.54) is 57.7 Å². The average Bonchev–Trinajstić information content (AvgIpc) is 2.67. The lowest BCUT2D eigenvalue weighted by Crippen LogP contribution is -2.11. The fourth-order valence-corrected chi connectivity index (χ4v) is 2.17. The molecule has 2 aromatic rings. The highest BCUT2D eigenvalue weighted by atomic mass is 16.5. The first-order valence-corrected chi connectivity index (χ1v) is 7.37. The van der Waals surface area contributed by atoms with Crippen LogP contribution in [0, 0.1) is 0 Å². The molecule has 0 spiro atoms. The van der Waals surface area contributed by atoms with Gasteiger partial charge in [-0.15, -0.1) is 0 Å². The number of carbonyl (C=O) groups excluding carboxylic acids is 3. The number of hydrogen-bond acceptors (Lipinski definition) is 8. The molecule has 0 bridgehead atoms. The highest BCUT2D eigenvalue weighted by molar-refractivity contribution is 6.03. The number of carbonyl (C=O) groups is 3. The Hall–Kier alpha value is -3.55. The van der Waals surface area contributed by atoms with Gasteiger partial charge in [0.25, 0.3) is 0 Å². The van der Waals surface area contributed by atoms with E-state index in [-0.39, 0.29) is 33.9 Å². The molecule has 0 atom stereocenters. The first-order valence-electron chi connectivity index (χ1n) is 7.37. The fourth-order valence-electron chi connectivity index (χ4n) is 2.17. The van der Waals surface area contributed by atoms with Crippen molar-refractivity contribution in [3.8, 4) is 11.5 Å². The first-order chi connectivity index (χ1) is 12.4. The second-order valence-electron chi connectivity index (χ2n) is 5.04. The number of esters is 3. The fraction of sp³-hybridized carbons (Fsp3) is 0.167. The van der Waals surface area contributed by atoms with E-state index in [2.05, 4.69) is 14.2 Å². The molecule has 8 nitrogen and oxygen atoms in total. The van der Waals surface area contributed by atoms with Crippen LogP contribution in [0.4, 0.5) is 5.69 Å². The second-order valence-corrected chi connectivity index (χ2v) is 5.04. The van der Waals surface area contributed by atoms with E-state index in [1.807, 2.05) is 0 Å². The quantitative estimate of drug-likeness (QED) is 0.492. The number of benzene rings is 2. The molecule has 26 heavy (non-hydrogen) atoms. The molecule has 2 aromatic carbocycles. The van der Waals surface area contributed by atoms with E-state index in [0.717, 1.165) is 0 Å². The average molecular weight is 359 g/mol. The van der Waals surface area contributed by atoms with Crippen molar-refractivity contribution >= 4 is 23.6 Å². The molecule has 0 aliphatic carbocycles. The molecule has 0 aromatic heterocycles. The first kappa shape index (κ1) is 18.8. The lowest BCUT2D eigenvalue weighted by molar-refractivity contribution is 0.0555. The Balaban J connectivity index is 2.37. The van der Waals surface area contributed by atoms with Crippen LogP contribution in [0.3, 0.4) is 0 Å². The van der Waals surface area contributed by atoms with E-state index in [9.17, 15) is 14.4 Å². The highest BCUT2D eigenvalue weighted by Crippen LogP contribution is 2.30. The molecule has 0 radical (unpaired) electrons. The van der Waals surface area contributed by atoms with Crippen LogP contribution in [-0.4, -0.2) is 39.2 Å². The highest BCUT2D eigenvalue weighted by Gasteiger charge is 2.20. The van der Waals surface area contributed by atoms with Crippen LogP contribution in [0.1, 0.15) is 31.1 Å². The summed E-state index contributed by atoms with van der Waals surface area (Å²) in [5.41, 5.74) is 6.39. The minimum absolute atomic E-state index is 0.0124. The van der Waals surface area contributed by atoms with Gasteiger partial charge in [-0.2, -0.15) is 0 Å². The zero-order valence-electron chi connectivity index (χ0n) is 14.4. The van der Waals surface area contributed by atoms with Crippen molar-refractivity contribution in [3.63, 3.8) is 0 Å². The van der Waals surface area contributed by atoms with E-state index < -0.39 is 17.9 Å². The largest absolute Gasteiger partial charge is 0.465 e. The molecule has 0 heterocycles. The molecule has 0 fully saturated rings. The number of methoxy groups -OCH3 is 3. The predicted molar refractivity (Wildman–Crippen MR) is 91.4 cm³/mol. The maximum atomic E-state index is 11.9. The summed E-state index contributed by atoms with van der Waals surface area (Å²) in [6.45, 7) is 0. The summed E-state index contributed by atoms with van der Waals surface area (Å²) in [6.07, 6.45) is 0. The summed E-state index contributed by atoms with van der Waals surface area (Å²) in [6, 6.07) is 8.59. The molecule has 2 N–H and O–H groups in total. The number of nitrogens with two attached hydrogens (primary N) is 1. The van der Waals surface area contributed by atoms with Crippen LogP contribution >= 0.6 is 0 Å². The topological polar surface area (TPSA) is 114 Å². The van der Waals surface area contributed by atoms with Crippen molar-refractivity contribution in [1.29, 1.82) is 0 Å². The minimum Gasteiger partial charge on any atom is -0.465 e. The minimum atomic E-state index is -0.718. The van der Waals surface area contributed by atoms with Gasteiger partial charge in [-0.3, -0.25) is 0 Å². The van der Waals surface area contributed by atoms with E-state index >= 15 is 0 Å². The van der Waals surface area contributed by atoms with E-state index in [4.69, 9.17) is 10.5 Å². The molecule has 0 saturated carbocycles. The van der Waals surface area contributed by atoms with Crippen LogP contribution in [0.5, 0.6) is 11.5 Å². The van der Waals surface area contributed by atoms with Gasteiger partial charge in [-0.05, 0) is 36.4 Å². The van der Waals surface area contributed by atoms with Crippen LogP contribution in [-0.2, 0) is 14.2 Å². The zero-order valence-corrected chi connectivity index (χ0v) is 14.4. The summed E-state index contributed by atoms with van der Waals surface area (Å²) in [7, 11) is 3.66. The Morgan fingerprint density at radius 2 is 1.38 bits per heavy atom. The van der Waals surface area contributed by atoms with Gasteiger partial charge in [0.1, 0.15) is 11.5 Å². The summed E-state index contributed by atoms with van der Waals surface area (Å²) >= 11 is 0. The number of hydrogen-bond donors (Lipinski definition) is 1. The molecule has 2 rings (SSSR count). The zero-order chi connectivity index (χ0) is 19.3. The van der Waals surface area contributed by atoms with Crippen molar-refractivity contribution in [3.05, 3.63) is 53.1 Å². The van der Waals surface area contributed by atoms with Crippen molar-refractivity contribution < 1.29 is 33.3 Å². The molecule has 0 amide bonds. The molecule has 0 aliphatic heterocycles. The van der Waals surface area contributed by atoms with Gasteiger partial charge in [0, 0.05) is 0 Å². The Morgan fingerprint density at radius 1 is 0.769 bits per heavy atom. The van der Waals surface area contributed by atoms with Gasteiger partial charge in [-0.1, -0.05) is 0 Å². The lowest BCUT2D eigenvalue weighted by atomic mass is 10.1.